The lowest BCUT2D eigenvalue weighted by atomic mass is 10.2. The molecule has 0 aliphatic heterocycles. The minimum atomic E-state index is 1.22. The highest BCUT2D eigenvalue weighted by molar-refractivity contribution is 8.68. The van der Waals surface area contributed by atoms with Crippen LogP contribution in [0.25, 0.3) is 10.4 Å². The average molecular weight is 238 g/mol. The zero-order valence-electron chi connectivity index (χ0n) is 7.73. The van der Waals surface area contributed by atoms with E-state index in [1.807, 2.05) is 6.07 Å². The normalized spacial score (nSPS) is 10.4. The highest BCUT2D eigenvalue weighted by atomic mass is 33.1. The Morgan fingerprint density at radius 3 is 2.71 bits per heavy atom. The van der Waals surface area contributed by atoms with Gasteiger partial charge in [-0.3, -0.25) is 0 Å². The van der Waals surface area contributed by atoms with Gasteiger partial charge in [-0.1, -0.05) is 29.0 Å². The van der Waals surface area contributed by atoms with E-state index in [0.717, 1.165) is 0 Å². The van der Waals surface area contributed by atoms with Crippen LogP contribution in [0.1, 0.15) is 5.56 Å². The van der Waals surface area contributed by atoms with Gasteiger partial charge in [0.15, 0.2) is 0 Å². The first kappa shape index (κ1) is 10.1. The largest absolute Gasteiger partial charge is 0.144 e. The molecule has 0 radical (unpaired) electrons. The molecule has 0 saturated heterocycles. The number of thiophene rings is 1. The van der Waals surface area contributed by atoms with Crippen molar-refractivity contribution in [3.63, 3.8) is 0 Å². The van der Waals surface area contributed by atoms with Crippen LogP contribution in [0.5, 0.6) is 0 Å². The zero-order chi connectivity index (χ0) is 9.97. The second-order valence-corrected chi connectivity index (χ2v) is 5.16. The number of hydrogen-bond acceptors (Lipinski definition) is 3. The monoisotopic (exact) mass is 238 g/mol. The summed E-state index contributed by atoms with van der Waals surface area (Å²) < 4.78 is 0. The van der Waals surface area contributed by atoms with Crippen molar-refractivity contribution in [2.24, 2.45) is 0 Å². The van der Waals surface area contributed by atoms with E-state index in [2.05, 4.69) is 48.2 Å². The standard InChI is InChI=1S/C11H10S3/c1-8-6-11(13-7-8)9-4-2-3-5-10(9)14-12/h2-7,12H,1H3. The first-order valence-electron chi connectivity index (χ1n) is 4.27. The summed E-state index contributed by atoms with van der Waals surface area (Å²) in [7, 11) is 1.50. The van der Waals surface area contributed by atoms with Crippen LogP contribution in [0, 0.1) is 6.92 Å². The highest BCUT2D eigenvalue weighted by Crippen LogP contribution is 2.36. The number of benzene rings is 1. The molecule has 0 nitrogen and oxygen atoms in total. The maximum Gasteiger partial charge on any atom is 0.0356 e. The van der Waals surface area contributed by atoms with Crippen molar-refractivity contribution < 1.29 is 0 Å². The van der Waals surface area contributed by atoms with E-state index in [-0.39, 0.29) is 0 Å². The van der Waals surface area contributed by atoms with Crippen molar-refractivity contribution in [1.29, 1.82) is 0 Å². The van der Waals surface area contributed by atoms with Gasteiger partial charge in [0, 0.05) is 15.3 Å². The molecule has 1 aromatic carbocycles. The number of rotatable bonds is 2. The van der Waals surface area contributed by atoms with Gasteiger partial charge in [-0.05, 0) is 30.0 Å². The second-order valence-electron chi connectivity index (χ2n) is 3.08. The molecule has 0 N–H and O–H groups in total. The second kappa shape index (κ2) is 4.43. The third-order valence-corrected chi connectivity index (χ3v) is 4.21. The molecule has 0 spiro atoms. The van der Waals surface area contributed by atoms with E-state index in [1.165, 1.54) is 31.7 Å². The Morgan fingerprint density at radius 2 is 2.07 bits per heavy atom. The molecule has 0 atom stereocenters. The summed E-state index contributed by atoms with van der Waals surface area (Å²) in [4.78, 5) is 2.54. The molecule has 72 valence electrons. The first-order chi connectivity index (χ1) is 6.81. The molecule has 2 aromatic rings. The molecular formula is C11H10S3. The maximum absolute atomic E-state index is 4.26. The van der Waals surface area contributed by atoms with Gasteiger partial charge < -0.3 is 0 Å². The van der Waals surface area contributed by atoms with Crippen molar-refractivity contribution in [1.82, 2.24) is 0 Å². The fourth-order valence-corrected chi connectivity index (χ4v) is 3.22. The van der Waals surface area contributed by atoms with Crippen molar-refractivity contribution in [2.75, 3.05) is 0 Å². The molecule has 0 aliphatic carbocycles. The SMILES string of the molecule is Cc1csc(-c2ccccc2SS)c1. The van der Waals surface area contributed by atoms with Crippen LogP contribution in [0.2, 0.25) is 0 Å². The summed E-state index contributed by atoms with van der Waals surface area (Å²) in [6, 6.07) is 10.6. The van der Waals surface area contributed by atoms with Crippen LogP contribution in [0.3, 0.4) is 0 Å². The van der Waals surface area contributed by atoms with Crippen LogP contribution in [-0.4, -0.2) is 0 Å². The predicted octanol–water partition coefficient (Wildman–Crippen LogP) is 4.66. The lowest BCUT2D eigenvalue weighted by Crippen LogP contribution is -1.75. The lowest BCUT2D eigenvalue weighted by molar-refractivity contribution is 1.47. The summed E-state index contributed by atoms with van der Waals surface area (Å²) in [6.07, 6.45) is 0. The van der Waals surface area contributed by atoms with Crippen molar-refractivity contribution >= 4 is 33.8 Å². The van der Waals surface area contributed by atoms with E-state index < -0.39 is 0 Å². The minimum Gasteiger partial charge on any atom is -0.144 e. The molecule has 1 aromatic heterocycles. The summed E-state index contributed by atoms with van der Waals surface area (Å²) in [6.45, 7) is 2.12. The van der Waals surface area contributed by atoms with Crippen LogP contribution >= 0.6 is 33.8 Å². The van der Waals surface area contributed by atoms with Crippen molar-refractivity contribution in [3.8, 4) is 10.4 Å². The van der Waals surface area contributed by atoms with E-state index in [4.69, 9.17) is 0 Å². The third-order valence-electron chi connectivity index (χ3n) is 1.98. The van der Waals surface area contributed by atoms with Gasteiger partial charge >= 0.3 is 0 Å². The Balaban J connectivity index is 2.50. The Bertz CT molecular complexity index is 432. The summed E-state index contributed by atoms with van der Waals surface area (Å²) in [5.41, 5.74) is 2.61. The van der Waals surface area contributed by atoms with Gasteiger partial charge in [-0.2, -0.15) is 0 Å². The molecule has 3 heteroatoms. The Labute approximate surface area is 97.2 Å². The topological polar surface area (TPSA) is 0 Å². The Hall–Kier alpha value is -0.380. The van der Waals surface area contributed by atoms with E-state index in [1.54, 1.807) is 11.3 Å². The van der Waals surface area contributed by atoms with Crippen LogP contribution < -0.4 is 0 Å². The van der Waals surface area contributed by atoms with E-state index in [0.29, 0.717) is 0 Å². The van der Waals surface area contributed by atoms with Crippen molar-refractivity contribution in [3.05, 3.63) is 41.3 Å². The molecule has 1 heterocycles. The van der Waals surface area contributed by atoms with Crippen LogP contribution in [-0.2, 0) is 0 Å². The summed E-state index contributed by atoms with van der Waals surface area (Å²) in [5.74, 6) is 0. The minimum absolute atomic E-state index is 1.22. The molecule has 0 saturated carbocycles. The van der Waals surface area contributed by atoms with Gasteiger partial charge in [0.05, 0.1) is 0 Å². The third kappa shape index (κ3) is 2.00. The van der Waals surface area contributed by atoms with Gasteiger partial charge in [0.25, 0.3) is 0 Å². The lowest BCUT2D eigenvalue weighted by Gasteiger charge is -2.02. The number of aryl methyl sites for hydroxylation is 1. The molecule has 14 heavy (non-hydrogen) atoms. The smallest absolute Gasteiger partial charge is 0.0356 e. The molecule has 0 bridgehead atoms. The van der Waals surface area contributed by atoms with E-state index in [9.17, 15) is 0 Å². The molecule has 0 fully saturated rings. The molecule has 2 rings (SSSR count). The fraction of sp³-hybridized carbons (Fsp3) is 0.0909. The summed E-state index contributed by atoms with van der Waals surface area (Å²) >= 11 is 6.04. The molecular weight excluding hydrogens is 228 g/mol. The predicted molar refractivity (Wildman–Crippen MR) is 69.3 cm³/mol. The van der Waals surface area contributed by atoms with Gasteiger partial charge in [0.1, 0.15) is 0 Å². The quantitative estimate of drug-likeness (QED) is 0.586. The van der Waals surface area contributed by atoms with Gasteiger partial charge in [0.2, 0.25) is 0 Å². The van der Waals surface area contributed by atoms with Gasteiger partial charge in [-0.15, -0.1) is 23.0 Å². The first-order valence-corrected chi connectivity index (χ1v) is 7.02. The van der Waals surface area contributed by atoms with Gasteiger partial charge in [-0.25, -0.2) is 0 Å². The van der Waals surface area contributed by atoms with Crippen LogP contribution in [0.15, 0.2) is 40.6 Å². The number of hydrogen-bond donors (Lipinski definition) is 1. The fourth-order valence-electron chi connectivity index (χ4n) is 1.32. The Kier molecular flexibility index (Phi) is 3.21. The molecule has 0 amide bonds. The zero-order valence-corrected chi connectivity index (χ0v) is 10.3. The summed E-state index contributed by atoms with van der Waals surface area (Å²) in [5, 5.41) is 2.18. The van der Waals surface area contributed by atoms with Crippen molar-refractivity contribution in [2.45, 2.75) is 11.8 Å². The average Bonchev–Trinajstić information content (AvgIpc) is 2.65. The maximum atomic E-state index is 4.26. The number of thiol groups is 1. The Morgan fingerprint density at radius 1 is 1.29 bits per heavy atom. The van der Waals surface area contributed by atoms with E-state index >= 15 is 0 Å². The van der Waals surface area contributed by atoms with Crippen LogP contribution in [0.4, 0.5) is 0 Å². The molecule has 0 aliphatic rings. The molecule has 0 unspecified atom stereocenters. The highest BCUT2D eigenvalue weighted by Gasteiger charge is 2.05.